The van der Waals surface area contributed by atoms with Gasteiger partial charge in [-0.05, 0) is 37.6 Å². The average Bonchev–Trinajstić information content (AvgIpc) is 2.41. The largest absolute Gasteiger partial charge is 0.389 e. The van der Waals surface area contributed by atoms with Crippen LogP contribution >= 0.6 is 15.9 Å². The zero-order valence-corrected chi connectivity index (χ0v) is 13.7. The Morgan fingerprint density at radius 3 is 2.40 bits per heavy atom. The SMILES string of the molecule is Cc1ccc(CN(C)c2ccc(Br)cc2C(C)O)cc1. The Labute approximate surface area is 129 Å². The molecule has 20 heavy (non-hydrogen) atoms. The lowest BCUT2D eigenvalue weighted by atomic mass is 10.1. The van der Waals surface area contributed by atoms with E-state index in [1.165, 1.54) is 11.1 Å². The number of hydrogen-bond acceptors (Lipinski definition) is 2. The van der Waals surface area contributed by atoms with Crippen LogP contribution in [0, 0.1) is 6.92 Å². The predicted octanol–water partition coefficient (Wildman–Crippen LogP) is 4.45. The van der Waals surface area contributed by atoms with Gasteiger partial charge in [0, 0.05) is 29.3 Å². The Bertz CT molecular complexity index is 578. The zero-order valence-electron chi connectivity index (χ0n) is 12.1. The molecule has 0 amide bonds. The molecule has 0 fully saturated rings. The summed E-state index contributed by atoms with van der Waals surface area (Å²) < 4.78 is 0.987. The number of rotatable bonds is 4. The average molecular weight is 334 g/mol. The van der Waals surface area contributed by atoms with Crippen LogP contribution in [0.15, 0.2) is 46.9 Å². The van der Waals surface area contributed by atoms with E-state index in [1.54, 1.807) is 6.92 Å². The van der Waals surface area contributed by atoms with E-state index in [0.29, 0.717) is 0 Å². The zero-order chi connectivity index (χ0) is 14.7. The third-order valence-electron chi connectivity index (χ3n) is 3.39. The summed E-state index contributed by atoms with van der Waals surface area (Å²) in [5, 5.41) is 9.93. The Kier molecular flexibility index (Phi) is 4.84. The number of benzene rings is 2. The van der Waals surface area contributed by atoms with Gasteiger partial charge in [0.2, 0.25) is 0 Å². The van der Waals surface area contributed by atoms with Crippen LogP contribution in [0.2, 0.25) is 0 Å². The topological polar surface area (TPSA) is 23.5 Å². The number of aryl methyl sites for hydroxylation is 1. The molecule has 1 unspecified atom stereocenters. The van der Waals surface area contributed by atoms with Crippen molar-refractivity contribution in [3.63, 3.8) is 0 Å². The Morgan fingerprint density at radius 1 is 1.15 bits per heavy atom. The third kappa shape index (κ3) is 3.62. The molecule has 0 aliphatic carbocycles. The van der Waals surface area contributed by atoms with Crippen LogP contribution < -0.4 is 4.90 Å². The van der Waals surface area contributed by atoms with E-state index in [0.717, 1.165) is 22.3 Å². The first-order valence-electron chi connectivity index (χ1n) is 6.71. The first-order chi connectivity index (χ1) is 9.47. The predicted molar refractivity (Wildman–Crippen MR) is 88.1 cm³/mol. The number of aliphatic hydroxyl groups is 1. The number of halogens is 1. The fraction of sp³-hybridized carbons (Fsp3) is 0.294. The van der Waals surface area contributed by atoms with Gasteiger partial charge in [-0.25, -0.2) is 0 Å². The highest BCUT2D eigenvalue weighted by Gasteiger charge is 2.12. The van der Waals surface area contributed by atoms with E-state index >= 15 is 0 Å². The fourth-order valence-corrected chi connectivity index (χ4v) is 2.64. The van der Waals surface area contributed by atoms with Gasteiger partial charge >= 0.3 is 0 Å². The molecular formula is C17H20BrNO. The molecule has 0 aliphatic heterocycles. The summed E-state index contributed by atoms with van der Waals surface area (Å²) in [6, 6.07) is 14.6. The molecule has 2 aromatic carbocycles. The summed E-state index contributed by atoms with van der Waals surface area (Å²) in [4.78, 5) is 2.17. The molecule has 106 valence electrons. The van der Waals surface area contributed by atoms with Crippen molar-refractivity contribution in [2.45, 2.75) is 26.5 Å². The molecule has 0 bridgehead atoms. The second-order valence-corrected chi connectivity index (χ2v) is 6.14. The molecule has 2 aromatic rings. The van der Waals surface area contributed by atoms with Crippen molar-refractivity contribution in [3.8, 4) is 0 Å². The highest BCUT2D eigenvalue weighted by molar-refractivity contribution is 9.10. The summed E-state index contributed by atoms with van der Waals surface area (Å²) >= 11 is 3.46. The van der Waals surface area contributed by atoms with Crippen molar-refractivity contribution in [1.82, 2.24) is 0 Å². The van der Waals surface area contributed by atoms with Crippen LogP contribution in [0.4, 0.5) is 5.69 Å². The number of nitrogens with zero attached hydrogens (tertiary/aromatic N) is 1. The van der Waals surface area contributed by atoms with Gasteiger partial charge in [0.15, 0.2) is 0 Å². The molecule has 0 spiro atoms. The second kappa shape index (κ2) is 6.42. The van der Waals surface area contributed by atoms with Crippen LogP contribution in [-0.2, 0) is 6.54 Å². The van der Waals surface area contributed by atoms with Gasteiger partial charge in [-0.3, -0.25) is 0 Å². The lowest BCUT2D eigenvalue weighted by Gasteiger charge is -2.24. The molecule has 1 N–H and O–H groups in total. The Balaban J connectivity index is 2.24. The smallest absolute Gasteiger partial charge is 0.0782 e. The standard InChI is InChI=1S/C17H20BrNO/c1-12-4-6-14(7-5-12)11-19(3)17-9-8-15(18)10-16(17)13(2)20/h4-10,13,20H,11H2,1-3H3. The third-order valence-corrected chi connectivity index (χ3v) is 3.88. The molecule has 3 heteroatoms. The minimum absolute atomic E-state index is 0.483. The Morgan fingerprint density at radius 2 is 1.80 bits per heavy atom. The quantitative estimate of drug-likeness (QED) is 0.893. The molecule has 0 saturated carbocycles. The van der Waals surface area contributed by atoms with E-state index in [4.69, 9.17) is 0 Å². The van der Waals surface area contributed by atoms with Gasteiger partial charge in [0.05, 0.1) is 6.10 Å². The minimum atomic E-state index is -0.483. The summed E-state index contributed by atoms with van der Waals surface area (Å²) in [7, 11) is 2.05. The molecule has 0 radical (unpaired) electrons. The van der Waals surface area contributed by atoms with Crippen LogP contribution in [0.1, 0.15) is 29.7 Å². The fourth-order valence-electron chi connectivity index (χ4n) is 2.26. The normalized spacial score (nSPS) is 12.2. The van der Waals surface area contributed by atoms with E-state index in [1.807, 2.05) is 18.2 Å². The highest BCUT2D eigenvalue weighted by Crippen LogP contribution is 2.29. The second-order valence-electron chi connectivity index (χ2n) is 5.22. The van der Waals surface area contributed by atoms with E-state index < -0.39 is 6.10 Å². The maximum Gasteiger partial charge on any atom is 0.0782 e. The number of aliphatic hydroxyl groups excluding tert-OH is 1. The monoisotopic (exact) mass is 333 g/mol. The summed E-state index contributed by atoms with van der Waals surface area (Å²) in [6.45, 7) is 4.71. The molecule has 0 saturated heterocycles. The van der Waals surface area contributed by atoms with Crippen molar-refractivity contribution < 1.29 is 5.11 Å². The van der Waals surface area contributed by atoms with Gasteiger partial charge < -0.3 is 10.0 Å². The van der Waals surface area contributed by atoms with Crippen molar-refractivity contribution in [2.75, 3.05) is 11.9 Å². The highest BCUT2D eigenvalue weighted by atomic mass is 79.9. The lowest BCUT2D eigenvalue weighted by molar-refractivity contribution is 0.199. The molecular weight excluding hydrogens is 314 g/mol. The van der Waals surface area contributed by atoms with Crippen molar-refractivity contribution in [3.05, 3.63) is 63.6 Å². The van der Waals surface area contributed by atoms with E-state index in [9.17, 15) is 5.11 Å². The molecule has 1 atom stereocenters. The molecule has 0 heterocycles. The maximum absolute atomic E-state index is 9.93. The van der Waals surface area contributed by atoms with Crippen LogP contribution in [-0.4, -0.2) is 12.2 Å². The molecule has 2 rings (SSSR count). The van der Waals surface area contributed by atoms with Gasteiger partial charge in [-0.15, -0.1) is 0 Å². The van der Waals surface area contributed by atoms with Crippen molar-refractivity contribution in [2.24, 2.45) is 0 Å². The van der Waals surface area contributed by atoms with Crippen LogP contribution in [0.3, 0.4) is 0 Å². The summed E-state index contributed by atoms with van der Waals surface area (Å²) in [5.41, 5.74) is 4.53. The first kappa shape index (κ1) is 15.1. The summed E-state index contributed by atoms with van der Waals surface area (Å²) in [6.07, 6.45) is -0.483. The first-order valence-corrected chi connectivity index (χ1v) is 7.51. The lowest BCUT2D eigenvalue weighted by Crippen LogP contribution is -2.18. The van der Waals surface area contributed by atoms with Crippen LogP contribution in [0.5, 0.6) is 0 Å². The number of anilines is 1. The summed E-state index contributed by atoms with van der Waals surface area (Å²) in [5.74, 6) is 0. The van der Waals surface area contributed by atoms with E-state index in [2.05, 4.69) is 59.1 Å². The van der Waals surface area contributed by atoms with Crippen LogP contribution in [0.25, 0.3) is 0 Å². The Hall–Kier alpha value is -1.32. The van der Waals surface area contributed by atoms with Gasteiger partial charge in [-0.2, -0.15) is 0 Å². The van der Waals surface area contributed by atoms with Gasteiger partial charge in [-0.1, -0.05) is 45.8 Å². The molecule has 2 nitrogen and oxygen atoms in total. The molecule has 0 aliphatic rings. The van der Waals surface area contributed by atoms with Gasteiger partial charge in [0.25, 0.3) is 0 Å². The van der Waals surface area contributed by atoms with E-state index in [-0.39, 0.29) is 0 Å². The number of hydrogen-bond donors (Lipinski definition) is 1. The van der Waals surface area contributed by atoms with Gasteiger partial charge in [0.1, 0.15) is 0 Å². The molecule has 0 aromatic heterocycles. The minimum Gasteiger partial charge on any atom is -0.389 e. The van der Waals surface area contributed by atoms with Crippen molar-refractivity contribution in [1.29, 1.82) is 0 Å². The maximum atomic E-state index is 9.93. The van der Waals surface area contributed by atoms with Crippen molar-refractivity contribution >= 4 is 21.6 Å².